The van der Waals surface area contributed by atoms with Crippen molar-refractivity contribution in [2.24, 2.45) is 0 Å². The zero-order valence-electron chi connectivity index (χ0n) is 7.56. The van der Waals surface area contributed by atoms with Crippen LogP contribution in [0, 0.1) is 5.82 Å². The molecule has 1 rings (SSSR count). The number of ketones is 1. The van der Waals surface area contributed by atoms with Crippen LogP contribution in [0.5, 0.6) is 0 Å². The normalized spacial score (nSPS) is 12.6. The number of carbonyl (C=O) groups excluding carboxylic acids is 1. The number of hydrogen-bond acceptors (Lipinski definition) is 1. The highest BCUT2D eigenvalue weighted by Gasteiger charge is 2.18. The lowest BCUT2D eigenvalue weighted by atomic mass is 10.1. The molecule has 1 unspecified atom stereocenters. The van der Waals surface area contributed by atoms with E-state index >= 15 is 0 Å². The fourth-order valence-electron chi connectivity index (χ4n) is 1.04. The highest BCUT2D eigenvalue weighted by molar-refractivity contribution is 6.34. The molecule has 0 saturated heterocycles. The van der Waals surface area contributed by atoms with Crippen LogP contribution in [-0.2, 0) is 0 Å². The van der Waals surface area contributed by atoms with Gasteiger partial charge in [-0.05, 0) is 24.6 Å². The standard InChI is InChI=1S/C10H9Cl2FO/c1-2-8(12)10(14)7-4-3-6(11)5-9(7)13/h3-5,8H,2H2,1H3. The third kappa shape index (κ3) is 2.46. The Kier molecular flexibility index (Phi) is 3.90. The van der Waals surface area contributed by atoms with E-state index in [9.17, 15) is 9.18 Å². The largest absolute Gasteiger partial charge is 0.292 e. The van der Waals surface area contributed by atoms with Crippen LogP contribution >= 0.6 is 23.2 Å². The number of Topliss-reactive ketones (excluding diaryl/α,β-unsaturated/α-hetero) is 1. The second kappa shape index (κ2) is 4.76. The fourth-order valence-corrected chi connectivity index (χ4v) is 1.32. The first-order valence-electron chi connectivity index (χ1n) is 4.19. The lowest BCUT2D eigenvalue weighted by Gasteiger charge is -2.06. The summed E-state index contributed by atoms with van der Waals surface area (Å²) in [4.78, 5) is 11.5. The van der Waals surface area contributed by atoms with E-state index < -0.39 is 17.0 Å². The van der Waals surface area contributed by atoms with Crippen molar-refractivity contribution in [3.8, 4) is 0 Å². The SMILES string of the molecule is CCC(Cl)C(=O)c1ccc(Cl)cc1F. The van der Waals surface area contributed by atoms with Crippen molar-refractivity contribution >= 4 is 29.0 Å². The molecule has 0 aliphatic carbocycles. The number of carbonyl (C=O) groups is 1. The average Bonchev–Trinajstić information content (AvgIpc) is 2.15. The Labute approximate surface area is 91.8 Å². The van der Waals surface area contributed by atoms with Gasteiger partial charge >= 0.3 is 0 Å². The van der Waals surface area contributed by atoms with Crippen LogP contribution in [0.25, 0.3) is 0 Å². The molecule has 1 atom stereocenters. The van der Waals surface area contributed by atoms with Crippen LogP contribution in [0.1, 0.15) is 23.7 Å². The molecule has 1 nitrogen and oxygen atoms in total. The summed E-state index contributed by atoms with van der Waals surface area (Å²) in [6.07, 6.45) is 0.475. The molecule has 0 radical (unpaired) electrons. The minimum atomic E-state index is -0.675. The smallest absolute Gasteiger partial charge is 0.183 e. The van der Waals surface area contributed by atoms with E-state index in [1.54, 1.807) is 6.92 Å². The van der Waals surface area contributed by atoms with Crippen molar-refractivity contribution in [2.45, 2.75) is 18.7 Å². The molecule has 76 valence electrons. The van der Waals surface area contributed by atoms with Gasteiger partial charge in [-0.2, -0.15) is 0 Å². The fraction of sp³-hybridized carbons (Fsp3) is 0.300. The van der Waals surface area contributed by atoms with Crippen molar-refractivity contribution in [2.75, 3.05) is 0 Å². The molecule has 0 heterocycles. The lowest BCUT2D eigenvalue weighted by Crippen LogP contribution is -2.15. The van der Waals surface area contributed by atoms with Gasteiger partial charge in [0.2, 0.25) is 0 Å². The maximum absolute atomic E-state index is 13.2. The molecular weight excluding hydrogens is 226 g/mol. The maximum atomic E-state index is 13.2. The highest BCUT2D eigenvalue weighted by atomic mass is 35.5. The van der Waals surface area contributed by atoms with E-state index in [4.69, 9.17) is 23.2 Å². The minimum absolute atomic E-state index is 0.00347. The summed E-state index contributed by atoms with van der Waals surface area (Å²) < 4.78 is 13.2. The lowest BCUT2D eigenvalue weighted by molar-refractivity contribution is 0.0982. The van der Waals surface area contributed by atoms with Crippen LogP contribution in [0.15, 0.2) is 18.2 Å². The first-order chi connectivity index (χ1) is 6.56. The molecule has 4 heteroatoms. The summed E-state index contributed by atoms with van der Waals surface area (Å²) in [6, 6.07) is 3.93. The zero-order valence-corrected chi connectivity index (χ0v) is 9.07. The minimum Gasteiger partial charge on any atom is -0.292 e. The van der Waals surface area contributed by atoms with Gasteiger partial charge in [0, 0.05) is 5.02 Å². The van der Waals surface area contributed by atoms with Crippen LogP contribution in [0.4, 0.5) is 4.39 Å². The zero-order chi connectivity index (χ0) is 10.7. The summed E-state index contributed by atoms with van der Waals surface area (Å²) in [7, 11) is 0. The van der Waals surface area contributed by atoms with Crippen LogP contribution in [-0.4, -0.2) is 11.2 Å². The molecule has 0 bridgehead atoms. The summed E-state index contributed by atoms with van der Waals surface area (Å²) in [5.74, 6) is -1.02. The van der Waals surface area contributed by atoms with Crippen molar-refractivity contribution in [1.82, 2.24) is 0 Å². The molecular formula is C10H9Cl2FO. The summed E-state index contributed by atoms with van der Waals surface area (Å²) in [5.41, 5.74) is -0.00347. The van der Waals surface area contributed by atoms with Gasteiger partial charge in [0.15, 0.2) is 5.78 Å². The van der Waals surface area contributed by atoms with Crippen molar-refractivity contribution in [3.05, 3.63) is 34.6 Å². The molecule has 14 heavy (non-hydrogen) atoms. The number of hydrogen-bond donors (Lipinski definition) is 0. The molecule has 0 amide bonds. The Bertz CT molecular complexity index is 352. The Morgan fingerprint density at radius 2 is 2.21 bits per heavy atom. The van der Waals surface area contributed by atoms with Gasteiger partial charge < -0.3 is 0 Å². The van der Waals surface area contributed by atoms with Crippen LogP contribution in [0.2, 0.25) is 5.02 Å². The van der Waals surface area contributed by atoms with E-state index in [2.05, 4.69) is 0 Å². The van der Waals surface area contributed by atoms with Gasteiger partial charge in [0.25, 0.3) is 0 Å². The van der Waals surface area contributed by atoms with E-state index in [0.717, 1.165) is 6.07 Å². The average molecular weight is 235 g/mol. The van der Waals surface area contributed by atoms with E-state index in [1.165, 1.54) is 12.1 Å². The second-order valence-electron chi connectivity index (χ2n) is 2.86. The number of halogens is 3. The van der Waals surface area contributed by atoms with Gasteiger partial charge in [-0.15, -0.1) is 11.6 Å². The van der Waals surface area contributed by atoms with Gasteiger partial charge in [0.1, 0.15) is 5.82 Å². The molecule has 0 aliphatic heterocycles. The Hall–Kier alpha value is -0.600. The van der Waals surface area contributed by atoms with E-state index in [1.807, 2.05) is 0 Å². The predicted molar refractivity (Wildman–Crippen MR) is 55.7 cm³/mol. The Morgan fingerprint density at radius 1 is 1.57 bits per heavy atom. The van der Waals surface area contributed by atoms with Crippen LogP contribution < -0.4 is 0 Å². The van der Waals surface area contributed by atoms with Crippen molar-refractivity contribution in [3.63, 3.8) is 0 Å². The topological polar surface area (TPSA) is 17.1 Å². The quantitative estimate of drug-likeness (QED) is 0.576. The first kappa shape index (κ1) is 11.5. The number of alkyl halides is 1. The van der Waals surface area contributed by atoms with Crippen molar-refractivity contribution < 1.29 is 9.18 Å². The summed E-state index contributed by atoms with van der Waals surface area (Å²) in [6.45, 7) is 1.77. The van der Waals surface area contributed by atoms with Crippen LogP contribution in [0.3, 0.4) is 0 Å². The number of rotatable bonds is 3. The van der Waals surface area contributed by atoms with Gasteiger partial charge in [0.05, 0.1) is 10.9 Å². The van der Waals surface area contributed by atoms with E-state index in [-0.39, 0.29) is 10.6 Å². The number of benzene rings is 1. The summed E-state index contributed by atoms with van der Waals surface area (Å²) >= 11 is 11.3. The third-order valence-electron chi connectivity index (χ3n) is 1.84. The van der Waals surface area contributed by atoms with E-state index in [0.29, 0.717) is 6.42 Å². The van der Waals surface area contributed by atoms with Gasteiger partial charge in [-0.1, -0.05) is 18.5 Å². The molecule has 0 saturated carbocycles. The molecule has 0 aliphatic rings. The summed E-state index contributed by atoms with van der Waals surface area (Å²) in [5, 5.41) is -0.410. The molecule has 0 spiro atoms. The Morgan fingerprint density at radius 3 is 2.71 bits per heavy atom. The molecule has 0 fully saturated rings. The van der Waals surface area contributed by atoms with Gasteiger partial charge in [-0.3, -0.25) is 4.79 Å². The molecule has 1 aromatic rings. The monoisotopic (exact) mass is 234 g/mol. The highest BCUT2D eigenvalue weighted by Crippen LogP contribution is 2.18. The van der Waals surface area contributed by atoms with Gasteiger partial charge in [-0.25, -0.2) is 4.39 Å². The Balaban J connectivity index is 3.02. The molecule has 0 N–H and O–H groups in total. The second-order valence-corrected chi connectivity index (χ2v) is 3.83. The first-order valence-corrected chi connectivity index (χ1v) is 5.01. The van der Waals surface area contributed by atoms with Crippen molar-refractivity contribution in [1.29, 1.82) is 0 Å². The third-order valence-corrected chi connectivity index (χ3v) is 2.58. The molecule has 1 aromatic carbocycles. The molecule has 0 aromatic heterocycles. The maximum Gasteiger partial charge on any atom is 0.183 e. The predicted octanol–water partition coefficient (Wildman–Crippen LogP) is 3.68.